The topological polar surface area (TPSA) is 64.7 Å². The van der Waals surface area contributed by atoms with E-state index in [-0.39, 0.29) is 0 Å². The molecule has 0 atom stereocenters. The van der Waals surface area contributed by atoms with Gasteiger partial charge in [-0.15, -0.1) is 11.3 Å². The molecule has 30 heavy (non-hydrogen) atoms. The third-order valence-corrected chi connectivity index (χ3v) is 8.07. The van der Waals surface area contributed by atoms with Crippen LogP contribution in [-0.2, 0) is 16.8 Å². The summed E-state index contributed by atoms with van der Waals surface area (Å²) in [5.41, 5.74) is 1.71. The molecule has 2 N–H and O–H groups in total. The molecular weight excluding hydrogens is 416 g/mol. The summed E-state index contributed by atoms with van der Waals surface area (Å²) in [6, 6.07) is 19.0. The molecule has 1 aliphatic heterocycles. The molecule has 0 aliphatic carbocycles. The van der Waals surface area contributed by atoms with E-state index in [0.717, 1.165) is 42.5 Å². The van der Waals surface area contributed by atoms with Crippen LogP contribution in [0.3, 0.4) is 0 Å². The van der Waals surface area contributed by atoms with Gasteiger partial charge in [0.15, 0.2) is 0 Å². The molecule has 0 unspecified atom stereocenters. The Bertz CT molecular complexity index is 1050. The van der Waals surface area contributed by atoms with Gasteiger partial charge in [-0.25, -0.2) is 0 Å². The predicted octanol–water partition coefficient (Wildman–Crippen LogP) is 3.88. The molecule has 0 radical (unpaired) electrons. The van der Waals surface area contributed by atoms with E-state index in [0.29, 0.717) is 11.7 Å². The number of fused-ring (bicyclic) bond motifs is 1. The number of rotatable bonds is 7. The summed E-state index contributed by atoms with van der Waals surface area (Å²) in [5.74, 6) is 0. The minimum absolute atomic E-state index is 0.526. The van der Waals surface area contributed by atoms with Gasteiger partial charge >= 0.3 is 10.2 Å². The number of hydrogen-bond acceptors (Lipinski definition) is 5. The van der Waals surface area contributed by atoms with Crippen LogP contribution in [0.1, 0.15) is 17.7 Å². The standard InChI is InChI=1S/C22H28N4O2S2/c1-25(2)30(27,28)24-19-7-9-20(10-8-19)26-13-11-18(12-14-26)23-16-21-15-17-5-3-4-6-22(17)29-21/h3-10,15,18,23-24H,11-14,16H2,1-2H3. The Morgan fingerprint density at radius 2 is 1.77 bits per heavy atom. The number of thiophene rings is 1. The molecule has 6 nitrogen and oxygen atoms in total. The lowest BCUT2D eigenvalue weighted by molar-refractivity contribution is 0.415. The zero-order valence-electron chi connectivity index (χ0n) is 17.3. The fraction of sp³-hybridized carbons (Fsp3) is 0.364. The average molecular weight is 445 g/mol. The minimum atomic E-state index is -3.47. The van der Waals surface area contributed by atoms with Crippen LogP contribution in [0.5, 0.6) is 0 Å². The van der Waals surface area contributed by atoms with Gasteiger partial charge in [-0.3, -0.25) is 4.72 Å². The van der Waals surface area contributed by atoms with Crippen LogP contribution < -0.4 is 14.9 Å². The summed E-state index contributed by atoms with van der Waals surface area (Å²) in [6.07, 6.45) is 2.19. The molecule has 2 aromatic carbocycles. The second-order valence-electron chi connectivity index (χ2n) is 7.83. The van der Waals surface area contributed by atoms with Crippen molar-refractivity contribution in [2.24, 2.45) is 0 Å². The highest BCUT2D eigenvalue weighted by molar-refractivity contribution is 7.90. The van der Waals surface area contributed by atoms with Gasteiger partial charge < -0.3 is 10.2 Å². The molecule has 1 aliphatic rings. The van der Waals surface area contributed by atoms with Crippen molar-refractivity contribution in [1.29, 1.82) is 0 Å². The highest BCUT2D eigenvalue weighted by atomic mass is 32.2. The summed E-state index contributed by atoms with van der Waals surface area (Å²) >= 11 is 1.87. The van der Waals surface area contributed by atoms with Crippen LogP contribution in [0.2, 0.25) is 0 Å². The molecule has 1 fully saturated rings. The maximum Gasteiger partial charge on any atom is 0.301 e. The molecule has 0 amide bonds. The van der Waals surface area contributed by atoms with Crippen molar-refractivity contribution in [3.05, 3.63) is 59.5 Å². The number of hydrogen-bond donors (Lipinski definition) is 2. The van der Waals surface area contributed by atoms with E-state index in [1.807, 2.05) is 35.6 Å². The lowest BCUT2D eigenvalue weighted by Gasteiger charge is -2.34. The van der Waals surface area contributed by atoms with Gasteiger partial charge in [0, 0.05) is 60.7 Å². The van der Waals surface area contributed by atoms with Crippen LogP contribution in [0, 0.1) is 0 Å². The van der Waals surface area contributed by atoms with Crippen molar-refractivity contribution < 1.29 is 8.42 Å². The van der Waals surface area contributed by atoms with Gasteiger partial charge in [-0.05, 0) is 54.6 Å². The lowest BCUT2D eigenvalue weighted by atomic mass is 10.0. The van der Waals surface area contributed by atoms with E-state index in [1.54, 1.807) is 0 Å². The Hall–Kier alpha value is -2.13. The van der Waals surface area contributed by atoms with E-state index in [9.17, 15) is 8.42 Å². The molecule has 3 aromatic rings. The highest BCUT2D eigenvalue weighted by Crippen LogP contribution is 2.26. The maximum absolute atomic E-state index is 11.9. The summed E-state index contributed by atoms with van der Waals surface area (Å²) in [5, 5.41) is 5.04. The molecule has 1 aromatic heterocycles. The van der Waals surface area contributed by atoms with E-state index < -0.39 is 10.2 Å². The molecule has 0 spiro atoms. The van der Waals surface area contributed by atoms with Gasteiger partial charge in [0.1, 0.15) is 0 Å². The number of nitrogens with zero attached hydrogens (tertiary/aromatic N) is 2. The van der Waals surface area contributed by atoms with Crippen LogP contribution in [0.25, 0.3) is 10.1 Å². The smallest absolute Gasteiger partial charge is 0.301 e. The van der Waals surface area contributed by atoms with Crippen molar-refractivity contribution in [2.45, 2.75) is 25.4 Å². The van der Waals surface area contributed by atoms with E-state index >= 15 is 0 Å². The first-order valence-corrected chi connectivity index (χ1v) is 12.4. The van der Waals surface area contributed by atoms with Crippen LogP contribution >= 0.6 is 11.3 Å². The minimum Gasteiger partial charge on any atom is -0.371 e. The molecule has 1 saturated heterocycles. The van der Waals surface area contributed by atoms with E-state index in [2.05, 4.69) is 45.3 Å². The molecule has 0 bridgehead atoms. The Morgan fingerprint density at radius 1 is 1.07 bits per heavy atom. The van der Waals surface area contributed by atoms with Crippen molar-refractivity contribution in [2.75, 3.05) is 36.8 Å². The normalized spacial score (nSPS) is 15.8. The summed E-state index contributed by atoms with van der Waals surface area (Å²) in [4.78, 5) is 3.75. The SMILES string of the molecule is CN(C)S(=O)(=O)Nc1ccc(N2CCC(NCc3cc4ccccc4s3)CC2)cc1. The monoisotopic (exact) mass is 444 g/mol. The molecule has 0 saturated carbocycles. The van der Waals surface area contributed by atoms with E-state index in [4.69, 9.17) is 0 Å². The molecule has 160 valence electrons. The molecule has 2 heterocycles. The molecular formula is C22H28N4O2S2. The third-order valence-electron chi connectivity index (χ3n) is 5.50. The predicted molar refractivity (Wildman–Crippen MR) is 127 cm³/mol. The number of piperidine rings is 1. The van der Waals surface area contributed by atoms with Crippen molar-refractivity contribution >= 4 is 43.0 Å². The fourth-order valence-electron chi connectivity index (χ4n) is 3.69. The molecule has 4 rings (SSSR count). The van der Waals surface area contributed by atoms with Crippen molar-refractivity contribution in [3.63, 3.8) is 0 Å². The number of anilines is 2. The lowest BCUT2D eigenvalue weighted by Crippen LogP contribution is -2.42. The van der Waals surface area contributed by atoms with E-state index in [1.165, 1.54) is 29.1 Å². The van der Waals surface area contributed by atoms with Crippen molar-refractivity contribution in [3.8, 4) is 0 Å². The Balaban J connectivity index is 1.28. The first-order valence-electron chi connectivity index (χ1n) is 10.2. The summed E-state index contributed by atoms with van der Waals surface area (Å²) in [6.45, 7) is 2.91. The summed E-state index contributed by atoms with van der Waals surface area (Å²) < 4.78 is 29.0. The highest BCUT2D eigenvalue weighted by Gasteiger charge is 2.20. The van der Waals surface area contributed by atoms with Gasteiger partial charge in [-0.1, -0.05) is 18.2 Å². The Labute approximate surface area is 182 Å². The first-order chi connectivity index (χ1) is 14.4. The fourth-order valence-corrected chi connectivity index (χ4v) is 5.32. The summed E-state index contributed by atoms with van der Waals surface area (Å²) in [7, 11) is -0.453. The Kier molecular flexibility index (Phi) is 6.29. The second-order valence-corrected chi connectivity index (χ2v) is 10.9. The van der Waals surface area contributed by atoms with Crippen molar-refractivity contribution in [1.82, 2.24) is 9.62 Å². The largest absolute Gasteiger partial charge is 0.371 e. The quantitative estimate of drug-likeness (QED) is 0.581. The Morgan fingerprint density at radius 3 is 2.43 bits per heavy atom. The number of nitrogens with one attached hydrogen (secondary N) is 2. The maximum atomic E-state index is 11.9. The van der Waals surface area contributed by atoms with Gasteiger partial charge in [0.25, 0.3) is 0 Å². The number of benzene rings is 2. The molecule has 8 heteroatoms. The van der Waals surface area contributed by atoms with Gasteiger partial charge in [0.2, 0.25) is 0 Å². The van der Waals surface area contributed by atoms with Gasteiger partial charge in [-0.2, -0.15) is 12.7 Å². The zero-order valence-corrected chi connectivity index (χ0v) is 19.0. The van der Waals surface area contributed by atoms with Gasteiger partial charge in [0.05, 0.1) is 0 Å². The van der Waals surface area contributed by atoms with Crippen LogP contribution in [0.15, 0.2) is 54.6 Å². The average Bonchev–Trinajstić information content (AvgIpc) is 3.16. The van der Waals surface area contributed by atoms with Crippen LogP contribution in [0.4, 0.5) is 11.4 Å². The second kappa shape index (κ2) is 8.93. The first kappa shape index (κ1) is 21.1. The zero-order chi connectivity index (χ0) is 21.1. The third kappa shape index (κ3) is 4.95. The van der Waals surface area contributed by atoms with Crippen LogP contribution in [-0.4, -0.2) is 45.9 Å².